The van der Waals surface area contributed by atoms with E-state index in [2.05, 4.69) is 43.3 Å². The fourth-order valence-corrected chi connectivity index (χ4v) is 3.23. The second-order valence-corrected chi connectivity index (χ2v) is 5.79. The quantitative estimate of drug-likeness (QED) is 0.857. The fourth-order valence-electron chi connectivity index (χ4n) is 1.57. The minimum Gasteiger partial charge on any atom is -0.312 e. The standard InChI is InChI=1S/C13H14BrN3S/c1-15-13(10-6-16-9-17-7-10)8-18-12-4-2-3-11(14)5-12/h2-7,9,13,15H,8H2,1H3. The first-order valence-electron chi connectivity index (χ1n) is 5.60. The maximum absolute atomic E-state index is 4.05. The van der Waals surface area contributed by atoms with Gasteiger partial charge in [0, 0.05) is 39.1 Å². The molecule has 94 valence electrons. The van der Waals surface area contributed by atoms with E-state index in [1.54, 1.807) is 6.33 Å². The zero-order chi connectivity index (χ0) is 12.8. The Morgan fingerprint density at radius 2 is 2.11 bits per heavy atom. The largest absolute Gasteiger partial charge is 0.312 e. The Morgan fingerprint density at radius 3 is 2.78 bits per heavy atom. The van der Waals surface area contributed by atoms with Crippen LogP contribution in [0.5, 0.6) is 0 Å². The third kappa shape index (κ3) is 3.80. The van der Waals surface area contributed by atoms with Crippen LogP contribution in [-0.4, -0.2) is 22.8 Å². The molecule has 3 nitrogen and oxygen atoms in total. The Bertz CT molecular complexity index is 493. The highest BCUT2D eigenvalue weighted by molar-refractivity contribution is 9.10. The third-order valence-corrected chi connectivity index (χ3v) is 4.12. The molecule has 5 heteroatoms. The second-order valence-electron chi connectivity index (χ2n) is 3.78. The van der Waals surface area contributed by atoms with Crippen LogP contribution in [-0.2, 0) is 0 Å². The van der Waals surface area contributed by atoms with Crippen LogP contribution in [0.4, 0.5) is 0 Å². The molecule has 0 fully saturated rings. The normalized spacial score (nSPS) is 12.3. The van der Waals surface area contributed by atoms with Crippen molar-refractivity contribution in [1.29, 1.82) is 0 Å². The molecule has 0 saturated carbocycles. The van der Waals surface area contributed by atoms with Gasteiger partial charge in [-0.05, 0) is 25.2 Å². The molecule has 1 atom stereocenters. The van der Waals surface area contributed by atoms with E-state index in [0.717, 1.165) is 15.8 Å². The molecule has 1 N–H and O–H groups in total. The predicted molar refractivity (Wildman–Crippen MR) is 78.7 cm³/mol. The van der Waals surface area contributed by atoms with Gasteiger partial charge >= 0.3 is 0 Å². The first-order chi connectivity index (χ1) is 8.79. The molecule has 2 aromatic rings. The van der Waals surface area contributed by atoms with E-state index in [1.165, 1.54) is 4.90 Å². The van der Waals surface area contributed by atoms with Crippen LogP contribution in [0.15, 0.2) is 52.4 Å². The monoisotopic (exact) mass is 323 g/mol. The van der Waals surface area contributed by atoms with E-state index in [1.807, 2.05) is 43.3 Å². The van der Waals surface area contributed by atoms with Gasteiger partial charge in [0.15, 0.2) is 0 Å². The Hall–Kier alpha value is -0.910. The minimum atomic E-state index is 0.259. The molecule has 0 amide bonds. The highest BCUT2D eigenvalue weighted by Gasteiger charge is 2.10. The number of hydrogen-bond donors (Lipinski definition) is 1. The molecule has 0 aliphatic heterocycles. The molecule has 1 aromatic carbocycles. The number of nitrogens with one attached hydrogen (secondary N) is 1. The molecule has 0 radical (unpaired) electrons. The van der Waals surface area contributed by atoms with Gasteiger partial charge in [-0.25, -0.2) is 9.97 Å². The van der Waals surface area contributed by atoms with E-state index in [0.29, 0.717) is 0 Å². The summed E-state index contributed by atoms with van der Waals surface area (Å²) in [5, 5.41) is 3.29. The topological polar surface area (TPSA) is 37.8 Å². The number of aromatic nitrogens is 2. The van der Waals surface area contributed by atoms with Crippen LogP contribution in [0, 0.1) is 0 Å². The lowest BCUT2D eigenvalue weighted by Gasteiger charge is -2.15. The summed E-state index contributed by atoms with van der Waals surface area (Å²) >= 11 is 5.30. The summed E-state index contributed by atoms with van der Waals surface area (Å²) in [6.45, 7) is 0. The van der Waals surface area contributed by atoms with Crippen molar-refractivity contribution in [2.24, 2.45) is 0 Å². The van der Waals surface area contributed by atoms with Gasteiger partial charge in [0.2, 0.25) is 0 Å². The molecule has 18 heavy (non-hydrogen) atoms. The summed E-state index contributed by atoms with van der Waals surface area (Å²) in [6, 6.07) is 8.58. The van der Waals surface area contributed by atoms with Gasteiger partial charge in [0.1, 0.15) is 6.33 Å². The van der Waals surface area contributed by atoms with Crippen LogP contribution >= 0.6 is 27.7 Å². The molecule has 0 saturated heterocycles. The zero-order valence-corrected chi connectivity index (χ0v) is 12.4. The lowest BCUT2D eigenvalue weighted by Crippen LogP contribution is -2.19. The van der Waals surface area contributed by atoms with Crippen molar-refractivity contribution < 1.29 is 0 Å². The van der Waals surface area contributed by atoms with Crippen molar-refractivity contribution in [3.63, 3.8) is 0 Å². The van der Waals surface area contributed by atoms with E-state index in [-0.39, 0.29) is 6.04 Å². The van der Waals surface area contributed by atoms with E-state index < -0.39 is 0 Å². The van der Waals surface area contributed by atoms with E-state index in [4.69, 9.17) is 0 Å². The third-order valence-electron chi connectivity index (χ3n) is 2.54. The smallest absolute Gasteiger partial charge is 0.115 e. The summed E-state index contributed by atoms with van der Waals surface area (Å²) in [6.07, 6.45) is 5.27. The maximum atomic E-state index is 4.05. The number of thioether (sulfide) groups is 1. The van der Waals surface area contributed by atoms with Crippen molar-refractivity contribution in [3.05, 3.63) is 53.0 Å². The lowest BCUT2D eigenvalue weighted by molar-refractivity contribution is 0.655. The van der Waals surface area contributed by atoms with E-state index >= 15 is 0 Å². The van der Waals surface area contributed by atoms with Gasteiger partial charge in [-0.3, -0.25) is 0 Å². The molecular formula is C13H14BrN3S. The Labute approximate surface area is 120 Å². The molecule has 1 aromatic heterocycles. The Morgan fingerprint density at radius 1 is 1.33 bits per heavy atom. The Kier molecular flexibility index (Phi) is 5.16. The number of benzene rings is 1. The molecular weight excluding hydrogens is 310 g/mol. The van der Waals surface area contributed by atoms with Crippen molar-refractivity contribution in [2.75, 3.05) is 12.8 Å². The average molecular weight is 324 g/mol. The molecule has 1 heterocycles. The highest BCUT2D eigenvalue weighted by atomic mass is 79.9. The minimum absolute atomic E-state index is 0.259. The summed E-state index contributed by atoms with van der Waals surface area (Å²) in [5.74, 6) is 0.945. The van der Waals surface area contributed by atoms with Gasteiger partial charge in [-0.2, -0.15) is 0 Å². The van der Waals surface area contributed by atoms with Crippen LogP contribution in [0.2, 0.25) is 0 Å². The van der Waals surface area contributed by atoms with Crippen LogP contribution in [0.3, 0.4) is 0 Å². The predicted octanol–water partition coefficient (Wildman–Crippen LogP) is 3.29. The number of rotatable bonds is 5. The van der Waals surface area contributed by atoms with Gasteiger partial charge in [0.25, 0.3) is 0 Å². The van der Waals surface area contributed by atoms with Crippen molar-refractivity contribution in [2.45, 2.75) is 10.9 Å². The van der Waals surface area contributed by atoms with Crippen molar-refractivity contribution >= 4 is 27.7 Å². The van der Waals surface area contributed by atoms with Crippen molar-refractivity contribution in [3.8, 4) is 0 Å². The van der Waals surface area contributed by atoms with Crippen molar-refractivity contribution in [1.82, 2.24) is 15.3 Å². The lowest BCUT2D eigenvalue weighted by atomic mass is 10.2. The molecule has 1 unspecified atom stereocenters. The maximum Gasteiger partial charge on any atom is 0.115 e. The number of nitrogens with zero attached hydrogens (tertiary/aromatic N) is 2. The second kappa shape index (κ2) is 6.87. The molecule has 0 aliphatic carbocycles. The molecule has 0 aliphatic rings. The van der Waals surface area contributed by atoms with Gasteiger partial charge < -0.3 is 5.32 Å². The van der Waals surface area contributed by atoms with Crippen LogP contribution in [0.1, 0.15) is 11.6 Å². The Balaban J connectivity index is 2.00. The zero-order valence-electron chi connectivity index (χ0n) is 10.0. The number of hydrogen-bond acceptors (Lipinski definition) is 4. The SMILES string of the molecule is CNC(CSc1cccc(Br)c1)c1cncnc1. The summed E-state index contributed by atoms with van der Waals surface area (Å²) in [5.41, 5.74) is 1.11. The molecule has 0 bridgehead atoms. The van der Waals surface area contributed by atoms with E-state index in [9.17, 15) is 0 Å². The average Bonchev–Trinajstić information content (AvgIpc) is 2.41. The summed E-state index contributed by atoms with van der Waals surface area (Å²) in [7, 11) is 1.96. The molecule has 0 spiro atoms. The van der Waals surface area contributed by atoms with Crippen LogP contribution in [0.25, 0.3) is 0 Å². The first-order valence-corrected chi connectivity index (χ1v) is 7.38. The fraction of sp³-hybridized carbons (Fsp3) is 0.231. The summed E-state index contributed by atoms with van der Waals surface area (Å²) in [4.78, 5) is 9.36. The first kappa shape index (κ1) is 13.5. The van der Waals surface area contributed by atoms with Gasteiger partial charge in [-0.15, -0.1) is 11.8 Å². The van der Waals surface area contributed by atoms with Gasteiger partial charge in [-0.1, -0.05) is 22.0 Å². The highest BCUT2D eigenvalue weighted by Crippen LogP contribution is 2.26. The summed E-state index contributed by atoms with van der Waals surface area (Å²) < 4.78 is 1.11. The molecule has 2 rings (SSSR count). The van der Waals surface area contributed by atoms with Crippen LogP contribution < -0.4 is 5.32 Å². The van der Waals surface area contributed by atoms with Gasteiger partial charge in [0.05, 0.1) is 0 Å². The number of halogens is 1.